The third kappa shape index (κ3) is 2.97. The smallest absolute Gasteiger partial charge is 0.468 e. The molecule has 1 aromatic rings. The zero-order valence-electron chi connectivity index (χ0n) is 15.5. The normalized spacial score (nSPS) is 24.2. The molecule has 2 aliphatic rings. The fourth-order valence-electron chi connectivity index (χ4n) is 3.35. The lowest BCUT2D eigenvalue weighted by molar-refractivity contribution is 0.00578. The monoisotopic (exact) mass is 334 g/mol. The number of rotatable bonds is 5. The molecule has 0 N–H and O–H groups in total. The van der Waals surface area contributed by atoms with Crippen LogP contribution in [0, 0.1) is 0 Å². The summed E-state index contributed by atoms with van der Waals surface area (Å²) in [6.07, 6.45) is 2.00. The summed E-state index contributed by atoms with van der Waals surface area (Å²) in [5, 5.41) is 0. The fraction of sp³-hybridized carbons (Fsp3) is 0.667. The molecule has 1 atom stereocenters. The van der Waals surface area contributed by atoms with Crippen LogP contribution in [0.5, 0.6) is 5.75 Å². The first-order chi connectivity index (χ1) is 11.3. The Bertz CT molecular complexity index is 598. The van der Waals surface area contributed by atoms with Gasteiger partial charge in [0, 0.05) is 14.2 Å². The highest BCUT2D eigenvalue weighted by molar-refractivity contribution is 6.62. The Morgan fingerprint density at radius 2 is 1.79 bits per heavy atom. The molecule has 1 aliphatic heterocycles. The minimum Gasteiger partial charge on any atom is -0.468 e. The number of aryl methyl sites for hydroxylation is 1. The van der Waals surface area contributed by atoms with E-state index in [2.05, 4.69) is 33.8 Å². The SMILES string of the molecule is COCOc1cc2c(c(B3OC(C)(C)C(C)(C)O3)c1)C(OC)CC2. The first-order valence-corrected chi connectivity index (χ1v) is 8.46. The van der Waals surface area contributed by atoms with E-state index in [0.29, 0.717) is 0 Å². The molecule has 1 saturated heterocycles. The van der Waals surface area contributed by atoms with E-state index >= 15 is 0 Å². The summed E-state index contributed by atoms with van der Waals surface area (Å²) in [6.45, 7) is 8.46. The summed E-state index contributed by atoms with van der Waals surface area (Å²) in [5.41, 5.74) is 2.66. The van der Waals surface area contributed by atoms with E-state index < -0.39 is 7.12 Å². The van der Waals surface area contributed by atoms with E-state index in [4.69, 9.17) is 23.5 Å². The van der Waals surface area contributed by atoms with Crippen molar-refractivity contribution in [1.29, 1.82) is 0 Å². The van der Waals surface area contributed by atoms with Gasteiger partial charge in [-0.05, 0) is 69.3 Å². The van der Waals surface area contributed by atoms with Gasteiger partial charge in [0.15, 0.2) is 6.79 Å². The minimum absolute atomic E-state index is 0.0745. The standard InChI is InChI=1S/C18H27BO5/c1-17(2)18(3,4)24-19(23-17)14-10-13(22-11-20-5)9-12-7-8-15(21-6)16(12)14/h9-10,15H,7-8,11H2,1-6H3. The summed E-state index contributed by atoms with van der Waals surface area (Å²) >= 11 is 0. The molecule has 0 bridgehead atoms. The van der Waals surface area contributed by atoms with Gasteiger partial charge in [0.1, 0.15) is 5.75 Å². The van der Waals surface area contributed by atoms with Gasteiger partial charge in [0.05, 0.1) is 17.3 Å². The maximum absolute atomic E-state index is 6.26. The van der Waals surface area contributed by atoms with Gasteiger partial charge in [-0.1, -0.05) is 0 Å². The van der Waals surface area contributed by atoms with E-state index in [0.717, 1.165) is 24.1 Å². The summed E-state index contributed by atoms with van der Waals surface area (Å²) < 4.78 is 28.9. The largest absolute Gasteiger partial charge is 0.495 e. The summed E-state index contributed by atoms with van der Waals surface area (Å²) in [6, 6.07) is 4.07. The van der Waals surface area contributed by atoms with Crippen LogP contribution in [-0.4, -0.2) is 39.3 Å². The lowest BCUT2D eigenvalue weighted by atomic mass is 9.74. The first kappa shape index (κ1) is 17.7. The van der Waals surface area contributed by atoms with Crippen molar-refractivity contribution in [3.05, 3.63) is 23.3 Å². The van der Waals surface area contributed by atoms with E-state index in [9.17, 15) is 0 Å². The van der Waals surface area contributed by atoms with Gasteiger partial charge in [-0.15, -0.1) is 0 Å². The van der Waals surface area contributed by atoms with Crippen molar-refractivity contribution in [1.82, 2.24) is 0 Å². The topological polar surface area (TPSA) is 46.2 Å². The molecular weight excluding hydrogens is 307 g/mol. The number of ether oxygens (including phenoxy) is 3. The van der Waals surface area contributed by atoms with Crippen molar-refractivity contribution in [3.63, 3.8) is 0 Å². The molecule has 1 aromatic carbocycles. The van der Waals surface area contributed by atoms with Gasteiger partial charge in [-0.3, -0.25) is 0 Å². The van der Waals surface area contributed by atoms with Crippen molar-refractivity contribution in [2.24, 2.45) is 0 Å². The Morgan fingerprint density at radius 1 is 1.12 bits per heavy atom. The van der Waals surface area contributed by atoms with Crippen molar-refractivity contribution in [3.8, 4) is 5.75 Å². The summed E-state index contributed by atoms with van der Waals surface area (Å²) in [7, 11) is 2.94. The van der Waals surface area contributed by atoms with Gasteiger partial charge in [-0.25, -0.2) is 0 Å². The Kier molecular flexibility index (Phi) is 4.68. The maximum atomic E-state index is 6.26. The van der Waals surface area contributed by atoms with E-state index in [1.54, 1.807) is 14.2 Å². The van der Waals surface area contributed by atoms with Crippen molar-refractivity contribution in [2.75, 3.05) is 21.0 Å². The fourth-order valence-corrected chi connectivity index (χ4v) is 3.35. The Hall–Kier alpha value is -1.08. The number of methoxy groups -OCH3 is 2. The molecule has 24 heavy (non-hydrogen) atoms. The van der Waals surface area contributed by atoms with Gasteiger partial charge >= 0.3 is 7.12 Å². The zero-order valence-corrected chi connectivity index (χ0v) is 15.5. The van der Waals surface area contributed by atoms with E-state index in [-0.39, 0.29) is 24.1 Å². The van der Waals surface area contributed by atoms with Crippen molar-refractivity contribution >= 4 is 12.6 Å². The Balaban J connectivity index is 2.01. The predicted molar refractivity (Wildman–Crippen MR) is 92.7 cm³/mol. The number of hydrogen-bond acceptors (Lipinski definition) is 5. The van der Waals surface area contributed by atoms with Crippen LogP contribution in [0.2, 0.25) is 0 Å². The van der Waals surface area contributed by atoms with Crippen LogP contribution in [0.15, 0.2) is 12.1 Å². The second-order valence-electron chi connectivity index (χ2n) is 7.49. The van der Waals surface area contributed by atoms with E-state index in [1.807, 2.05) is 6.07 Å². The van der Waals surface area contributed by atoms with Crippen LogP contribution in [0.3, 0.4) is 0 Å². The molecule has 1 aliphatic carbocycles. The molecule has 6 heteroatoms. The molecule has 0 saturated carbocycles. The Labute approximate surface area is 144 Å². The van der Waals surface area contributed by atoms with Crippen LogP contribution >= 0.6 is 0 Å². The molecule has 5 nitrogen and oxygen atoms in total. The number of fused-ring (bicyclic) bond motifs is 1. The molecule has 1 fully saturated rings. The molecule has 132 valence electrons. The zero-order chi connectivity index (χ0) is 17.5. The molecule has 1 heterocycles. The summed E-state index contributed by atoms with van der Waals surface area (Å²) in [5.74, 6) is 0.775. The third-order valence-electron chi connectivity index (χ3n) is 5.40. The molecule has 0 aromatic heterocycles. The van der Waals surface area contributed by atoms with Crippen molar-refractivity contribution < 1.29 is 23.5 Å². The summed E-state index contributed by atoms with van der Waals surface area (Å²) in [4.78, 5) is 0. The van der Waals surface area contributed by atoms with Crippen molar-refractivity contribution in [2.45, 2.75) is 57.8 Å². The number of benzene rings is 1. The van der Waals surface area contributed by atoms with E-state index in [1.165, 1.54) is 11.1 Å². The highest BCUT2D eigenvalue weighted by Crippen LogP contribution is 2.40. The second-order valence-corrected chi connectivity index (χ2v) is 7.49. The molecule has 0 amide bonds. The quantitative estimate of drug-likeness (QED) is 0.612. The van der Waals surface area contributed by atoms with Crippen LogP contribution in [0.4, 0.5) is 0 Å². The molecule has 0 radical (unpaired) electrons. The lowest BCUT2D eigenvalue weighted by Gasteiger charge is -2.32. The average Bonchev–Trinajstić information content (AvgIpc) is 3.02. The van der Waals surface area contributed by atoms with Crippen LogP contribution < -0.4 is 10.2 Å². The lowest BCUT2D eigenvalue weighted by Crippen LogP contribution is -2.41. The van der Waals surface area contributed by atoms with Crippen LogP contribution in [-0.2, 0) is 25.2 Å². The molecular formula is C18H27BO5. The first-order valence-electron chi connectivity index (χ1n) is 8.46. The van der Waals surface area contributed by atoms with Crippen LogP contribution in [0.25, 0.3) is 0 Å². The highest BCUT2D eigenvalue weighted by Gasteiger charge is 2.53. The van der Waals surface area contributed by atoms with Gasteiger partial charge < -0.3 is 23.5 Å². The predicted octanol–water partition coefficient (Wildman–Crippen LogP) is 2.60. The maximum Gasteiger partial charge on any atom is 0.495 e. The Morgan fingerprint density at radius 3 is 2.38 bits per heavy atom. The van der Waals surface area contributed by atoms with Gasteiger partial charge in [0.2, 0.25) is 0 Å². The molecule has 3 rings (SSSR count). The van der Waals surface area contributed by atoms with Gasteiger partial charge in [-0.2, -0.15) is 0 Å². The van der Waals surface area contributed by atoms with Gasteiger partial charge in [0.25, 0.3) is 0 Å². The number of hydrogen-bond donors (Lipinski definition) is 0. The highest BCUT2D eigenvalue weighted by atomic mass is 16.7. The third-order valence-corrected chi connectivity index (χ3v) is 5.40. The average molecular weight is 334 g/mol. The molecule has 1 unspecified atom stereocenters. The van der Waals surface area contributed by atoms with Crippen LogP contribution in [0.1, 0.15) is 51.3 Å². The molecule has 0 spiro atoms. The second kappa shape index (κ2) is 6.34. The minimum atomic E-state index is -0.425.